The number of carbonyl (C=O) groups excluding carboxylic acids is 1. The quantitative estimate of drug-likeness (QED) is 0.856. The van der Waals surface area contributed by atoms with Gasteiger partial charge >= 0.3 is 6.09 Å². The molecule has 1 aliphatic carbocycles. The number of hydrogen-bond acceptors (Lipinski definition) is 5. The van der Waals surface area contributed by atoms with Gasteiger partial charge in [0.1, 0.15) is 5.60 Å². The van der Waals surface area contributed by atoms with E-state index in [9.17, 15) is 4.79 Å². The summed E-state index contributed by atoms with van der Waals surface area (Å²) in [7, 11) is 0. The minimum absolute atomic E-state index is 0.301. The van der Waals surface area contributed by atoms with Gasteiger partial charge in [0.25, 0.3) is 0 Å². The molecular weight excluding hydrogens is 310 g/mol. The van der Waals surface area contributed by atoms with Gasteiger partial charge in [-0.2, -0.15) is 0 Å². The fourth-order valence-electron chi connectivity index (χ4n) is 3.15. The third kappa shape index (κ3) is 5.46. The molecule has 23 heavy (non-hydrogen) atoms. The van der Waals surface area contributed by atoms with Gasteiger partial charge in [-0.05, 0) is 53.4 Å². The van der Waals surface area contributed by atoms with Crippen LogP contribution in [0.25, 0.3) is 0 Å². The number of ether oxygens (including phenoxy) is 1. The van der Waals surface area contributed by atoms with Gasteiger partial charge < -0.3 is 15.4 Å². The Kier molecular flexibility index (Phi) is 6.03. The smallest absolute Gasteiger partial charge is 0.407 e. The minimum Gasteiger partial charge on any atom is -0.444 e. The Morgan fingerprint density at radius 1 is 1.48 bits per heavy atom. The molecule has 6 heteroatoms. The van der Waals surface area contributed by atoms with E-state index in [1.165, 1.54) is 11.3 Å². The fourth-order valence-corrected chi connectivity index (χ4v) is 3.97. The van der Waals surface area contributed by atoms with Gasteiger partial charge in [-0.25, -0.2) is 9.78 Å². The second kappa shape index (κ2) is 7.62. The number of aromatic nitrogens is 1. The molecule has 0 spiro atoms. The van der Waals surface area contributed by atoms with Crippen LogP contribution in [0.1, 0.15) is 63.6 Å². The molecule has 2 rings (SSSR count). The number of hydrogen-bond donors (Lipinski definition) is 2. The highest BCUT2D eigenvalue weighted by Gasteiger charge is 2.29. The lowest BCUT2D eigenvalue weighted by Crippen LogP contribution is -2.41. The van der Waals surface area contributed by atoms with E-state index in [-0.39, 0.29) is 6.09 Å². The number of carbonyl (C=O) groups is 1. The molecule has 5 nitrogen and oxygen atoms in total. The third-order valence-corrected chi connectivity index (χ3v) is 5.32. The van der Waals surface area contributed by atoms with Gasteiger partial charge in [0.05, 0.1) is 11.2 Å². The van der Waals surface area contributed by atoms with Crippen molar-refractivity contribution in [1.29, 1.82) is 0 Å². The van der Waals surface area contributed by atoms with Crippen molar-refractivity contribution in [1.82, 2.24) is 15.6 Å². The number of nitrogens with one attached hydrogen (secondary N) is 2. The highest BCUT2D eigenvalue weighted by molar-refractivity contribution is 7.09. The predicted octanol–water partition coefficient (Wildman–Crippen LogP) is 3.80. The van der Waals surface area contributed by atoms with Gasteiger partial charge in [-0.15, -0.1) is 11.3 Å². The van der Waals surface area contributed by atoms with Crippen LogP contribution >= 0.6 is 11.3 Å². The summed E-state index contributed by atoms with van der Waals surface area (Å²) in [5, 5.41) is 6.64. The highest BCUT2D eigenvalue weighted by atomic mass is 32.1. The first kappa shape index (κ1) is 18.2. The van der Waals surface area contributed by atoms with Gasteiger partial charge in [-0.3, -0.25) is 0 Å². The van der Waals surface area contributed by atoms with Crippen molar-refractivity contribution in [2.45, 2.75) is 71.6 Å². The van der Waals surface area contributed by atoms with E-state index >= 15 is 0 Å². The number of nitrogens with zero attached hydrogens (tertiary/aromatic N) is 1. The van der Waals surface area contributed by atoms with Crippen LogP contribution in [0.15, 0.2) is 5.51 Å². The number of thiazole rings is 1. The summed E-state index contributed by atoms with van der Waals surface area (Å²) < 4.78 is 5.31. The zero-order valence-electron chi connectivity index (χ0n) is 14.8. The van der Waals surface area contributed by atoms with Crippen LogP contribution in [-0.4, -0.2) is 29.3 Å². The van der Waals surface area contributed by atoms with E-state index in [4.69, 9.17) is 4.74 Å². The van der Waals surface area contributed by atoms with Gasteiger partial charge in [0.15, 0.2) is 0 Å². The van der Waals surface area contributed by atoms with Crippen molar-refractivity contribution in [3.63, 3.8) is 0 Å². The molecule has 0 bridgehead atoms. The summed E-state index contributed by atoms with van der Waals surface area (Å²) in [4.78, 5) is 17.4. The van der Waals surface area contributed by atoms with Crippen molar-refractivity contribution in [2.24, 2.45) is 5.92 Å². The van der Waals surface area contributed by atoms with Crippen LogP contribution < -0.4 is 10.6 Å². The fraction of sp³-hybridized carbons (Fsp3) is 0.765. The van der Waals surface area contributed by atoms with E-state index in [2.05, 4.69) is 29.5 Å². The van der Waals surface area contributed by atoms with E-state index < -0.39 is 5.60 Å². The predicted molar refractivity (Wildman–Crippen MR) is 93.8 cm³/mol. The molecule has 130 valence electrons. The molecule has 1 amide bonds. The number of aryl methyl sites for hydroxylation is 1. The Labute approximate surface area is 143 Å². The van der Waals surface area contributed by atoms with Crippen molar-refractivity contribution < 1.29 is 9.53 Å². The van der Waals surface area contributed by atoms with Crippen LogP contribution in [0.5, 0.6) is 0 Å². The topological polar surface area (TPSA) is 63.2 Å². The van der Waals surface area contributed by atoms with Crippen LogP contribution in [0.2, 0.25) is 0 Å². The monoisotopic (exact) mass is 339 g/mol. The summed E-state index contributed by atoms with van der Waals surface area (Å²) in [6.07, 6.45) is 3.17. The first-order chi connectivity index (χ1) is 10.8. The van der Waals surface area contributed by atoms with Gasteiger partial charge in [0, 0.05) is 23.5 Å². The van der Waals surface area contributed by atoms with Crippen molar-refractivity contribution in [2.75, 3.05) is 6.54 Å². The molecule has 1 aromatic heterocycles. The molecule has 3 atom stereocenters. The lowest BCUT2D eigenvalue weighted by Gasteiger charge is -2.26. The number of rotatable bonds is 5. The molecular formula is C17H29N3O2S. The van der Waals surface area contributed by atoms with Crippen molar-refractivity contribution in [3.05, 3.63) is 16.1 Å². The molecule has 1 aromatic rings. The summed E-state index contributed by atoms with van der Waals surface area (Å²) >= 11 is 1.70. The Morgan fingerprint density at radius 2 is 2.22 bits per heavy atom. The zero-order valence-corrected chi connectivity index (χ0v) is 15.6. The van der Waals surface area contributed by atoms with Crippen LogP contribution in [0, 0.1) is 12.8 Å². The maximum Gasteiger partial charge on any atom is 0.407 e. The van der Waals surface area contributed by atoms with E-state index in [0.717, 1.165) is 18.5 Å². The summed E-state index contributed by atoms with van der Waals surface area (Å²) in [5.74, 6) is 0.457. The number of amides is 1. The van der Waals surface area contributed by atoms with Gasteiger partial charge in [-0.1, -0.05) is 6.42 Å². The van der Waals surface area contributed by atoms with E-state index in [1.54, 1.807) is 11.3 Å². The molecule has 3 unspecified atom stereocenters. The first-order valence-corrected chi connectivity index (χ1v) is 9.27. The Bertz CT molecular complexity index is 524. The SMILES string of the molecule is Cc1ncsc1C(C)NC1CCCC1CNC(=O)OC(C)(C)C. The van der Waals surface area contributed by atoms with Crippen LogP contribution in [0.4, 0.5) is 4.79 Å². The Hall–Kier alpha value is -1.14. The summed E-state index contributed by atoms with van der Waals surface area (Å²) in [6.45, 7) is 10.6. The lowest BCUT2D eigenvalue weighted by atomic mass is 10.0. The molecule has 0 radical (unpaired) electrons. The van der Waals surface area contributed by atoms with Gasteiger partial charge in [0.2, 0.25) is 0 Å². The number of alkyl carbamates (subject to hydrolysis) is 1. The van der Waals surface area contributed by atoms with Crippen molar-refractivity contribution >= 4 is 17.4 Å². The average Bonchev–Trinajstić information content (AvgIpc) is 3.03. The lowest BCUT2D eigenvalue weighted by molar-refractivity contribution is 0.0517. The van der Waals surface area contributed by atoms with Crippen molar-refractivity contribution in [3.8, 4) is 0 Å². The van der Waals surface area contributed by atoms with Crippen LogP contribution in [-0.2, 0) is 4.74 Å². The second-order valence-electron chi connectivity index (χ2n) is 7.37. The minimum atomic E-state index is -0.449. The first-order valence-electron chi connectivity index (χ1n) is 8.39. The normalized spacial score (nSPS) is 22.8. The second-order valence-corrected chi connectivity index (χ2v) is 8.26. The molecule has 1 saturated carbocycles. The Balaban J connectivity index is 1.83. The summed E-state index contributed by atoms with van der Waals surface area (Å²) in [6, 6.07) is 0.732. The molecule has 1 heterocycles. The maximum absolute atomic E-state index is 11.8. The third-order valence-electron chi connectivity index (χ3n) is 4.21. The average molecular weight is 340 g/mol. The zero-order chi connectivity index (χ0) is 17.0. The Morgan fingerprint density at radius 3 is 2.83 bits per heavy atom. The standard InChI is InChI=1S/C17H29N3O2S/c1-11-15(23-10-19-11)12(2)20-14-8-6-7-13(14)9-18-16(21)22-17(3,4)5/h10,12-14,20H,6-9H2,1-5H3,(H,18,21). The molecule has 0 aliphatic heterocycles. The highest BCUT2D eigenvalue weighted by Crippen LogP contribution is 2.29. The molecule has 1 aliphatic rings. The van der Waals surface area contributed by atoms with E-state index in [0.29, 0.717) is 24.5 Å². The summed E-state index contributed by atoms with van der Waals surface area (Å²) in [5.41, 5.74) is 2.56. The van der Waals surface area contributed by atoms with Crippen LogP contribution in [0.3, 0.4) is 0 Å². The van der Waals surface area contributed by atoms with E-state index in [1.807, 2.05) is 26.3 Å². The molecule has 0 saturated heterocycles. The molecule has 1 fully saturated rings. The maximum atomic E-state index is 11.8. The molecule has 2 N–H and O–H groups in total. The molecule has 0 aromatic carbocycles. The largest absolute Gasteiger partial charge is 0.444 e.